The second kappa shape index (κ2) is 5.30. The van der Waals surface area contributed by atoms with Crippen LogP contribution in [-0.2, 0) is 11.3 Å². The molecule has 1 saturated heterocycles. The van der Waals surface area contributed by atoms with Crippen LogP contribution in [-0.4, -0.2) is 34.9 Å². The van der Waals surface area contributed by atoms with Crippen molar-refractivity contribution in [1.29, 1.82) is 0 Å². The number of aryl methyl sites for hydroxylation is 1. The summed E-state index contributed by atoms with van der Waals surface area (Å²) in [5.74, 6) is 1.25. The number of pyridine rings is 1. The first-order chi connectivity index (χ1) is 9.28. The topological polar surface area (TPSA) is 52.1 Å². The molecule has 0 spiro atoms. The van der Waals surface area contributed by atoms with Crippen molar-refractivity contribution in [2.24, 2.45) is 5.92 Å². The highest BCUT2D eigenvalue weighted by molar-refractivity contribution is 7.71. The van der Waals surface area contributed by atoms with Crippen LogP contribution in [0.25, 0.3) is 11.2 Å². The van der Waals surface area contributed by atoms with Crippen molar-refractivity contribution in [2.75, 3.05) is 20.3 Å². The molecular weight excluding hydrogens is 262 g/mol. The number of nitrogens with zero attached hydrogens (tertiary/aromatic N) is 2. The lowest BCUT2D eigenvalue weighted by molar-refractivity contribution is 0.183. The highest BCUT2D eigenvalue weighted by atomic mass is 32.1. The number of hydrogen-bond acceptors (Lipinski definition) is 4. The second-order valence-corrected chi connectivity index (χ2v) is 5.21. The lowest BCUT2D eigenvalue weighted by Gasteiger charge is -2.08. The first kappa shape index (κ1) is 12.6. The van der Waals surface area contributed by atoms with Crippen LogP contribution in [0.15, 0.2) is 12.1 Å². The Morgan fingerprint density at radius 2 is 2.47 bits per heavy atom. The number of rotatable bonds is 4. The minimum absolute atomic E-state index is 0.611. The molecule has 1 aliphatic heterocycles. The molecule has 0 aliphatic carbocycles. The fraction of sp³-hybridized carbons (Fsp3) is 0.538. The number of fused-ring (bicyclic) bond motifs is 1. The standard InChI is InChI=1S/C13H17N3O2S/c1-17-11-3-2-10-12(15-11)16(13(19)14-10)6-4-9-5-7-18-8-9/h2-3,9H,4-8H2,1H3,(H,14,19). The van der Waals surface area contributed by atoms with Gasteiger partial charge in [-0.05, 0) is 37.0 Å². The van der Waals surface area contributed by atoms with Gasteiger partial charge in [0.2, 0.25) is 5.88 Å². The van der Waals surface area contributed by atoms with Crippen LogP contribution in [0.1, 0.15) is 12.8 Å². The fourth-order valence-electron chi connectivity index (χ4n) is 2.46. The number of H-pyrrole nitrogens is 1. The van der Waals surface area contributed by atoms with Gasteiger partial charge in [0.25, 0.3) is 0 Å². The summed E-state index contributed by atoms with van der Waals surface area (Å²) in [6.07, 6.45) is 2.21. The van der Waals surface area contributed by atoms with E-state index in [2.05, 4.69) is 9.97 Å². The molecule has 5 nitrogen and oxygen atoms in total. The van der Waals surface area contributed by atoms with Gasteiger partial charge in [-0.25, -0.2) is 0 Å². The molecule has 2 aromatic rings. The second-order valence-electron chi connectivity index (χ2n) is 4.82. The van der Waals surface area contributed by atoms with Gasteiger partial charge < -0.3 is 19.0 Å². The van der Waals surface area contributed by atoms with Crippen LogP contribution in [0.2, 0.25) is 0 Å². The fourth-order valence-corrected chi connectivity index (χ4v) is 2.74. The van der Waals surface area contributed by atoms with Crippen LogP contribution < -0.4 is 4.74 Å². The Bertz CT molecular complexity index is 628. The molecule has 3 rings (SSSR count). The first-order valence-electron chi connectivity index (χ1n) is 6.49. The molecule has 1 fully saturated rings. The molecule has 1 aliphatic rings. The Hall–Kier alpha value is -1.40. The van der Waals surface area contributed by atoms with Gasteiger partial charge in [0, 0.05) is 25.8 Å². The van der Waals surface area contributed by atoms with Gasteiger partial charge in [-0.3, -0.25) is 0 Å². The molecule has 0 saturated carbocycles. The first-order valence-corrected chi connectivity index (χ1v) is 6.90. The van der Waals surface area contributed by atoms with E-state index in [0.29, 0.717) is 11.8 Å². The largest absolute Gasteiger partial charge is 0.481 e. The van der Waals surface area contributed by atoms with Crippen LogP contribution in [0, 0.1) is 10.7 Å². The number of imidazole rings is 1. The van der Waals surface area contributed by atoms with Crippen molar-refractivity contribution in [2.45, 2.75) is 19.4 Å². The highest BCUT2D eigenvalue weighted by Gasteiger charge is 2.16. The quantitative estimate of drug-likeness (QED) is 0.874. The van der Waals surface area contributed by atoms with Crippen molar-refractivity contribution < 1.29 is 9.47 Å². The third kappa shape index (κ3) is 2.50. The van der Waals surface area contributed by atoms with E-state index in [-0.39, 0.29) is 0 Å². The zero-order valence-corrected chi connectivity index (χ0v) is 11.7. The number of hydrogen-bond donors (Lipinski definition) is 1. The van der Waals surface area contributed by atoms with E-state index in [4.69, 9.17) is 21.7 Å². The van der Waals surface area contributed by atoms with Gasteiger partial charge in [-0.2, -0.15) is 4.98 Å². The number of nitrogens with one attached hydrogen (secondary N) is 1. The van der Waals surface area contributed by atoms with E-state index in [0.717, 1.165) is 48.5 Å². The van der Waals surface area contributed by atoms with Crippen LogP contribution in [0.4, 0.5) is 0 Å². The number of aromatic amines is 1. The molecule has 102 valence electrons. The average molecular weight is 279 g/mol. The molecule has 1 N–H and O–H groups in total. The summed E-state index contributed by atoms with van der Waals surface area (Å²) in [5.41, 5.74) is 1.82. The third-order valence-corrected chi connectivity index (χ3v) is 3.91. The maximum absolute atomic E-state index is 5.40. The summed E-state index contributed by atoms with van der Waals surface area (Å²) in [5, 5.41) is 0. The molecular formula is C13H17N3O2S. The average Bonchev–Trinajstić information content (AvgIpc) is 3.03. The van der Waals surface area contributed by atoms with Crippen molar-refractivity contribution in [3.05, 3.63) is 16.9 Å². The van der Waals surface area contributed by atoms with Crippen LogP contribution in [0.5, 0.6) is 5.88 Å². The van der Waals surface area contributed by atoms with E-state index in [1.807, 2.05) is 16.7 Å². The molecule has 19 heavy (non-hydrogen) atoms. The van der Waals surface area contributed by atoms with E-state index in [1.165, 1.54) is 0 Å². The summed E-state index contributed by atoms with van der Waals surface area (Å²) in [6.45, 7) is 2.62. The Morgan fingerprint density at radius 1 is 1.58 bits per heavy atom. The predicted octanol–water partition coefficient (Wildman–Crippen LogP) is 2.53. The zero-order valence-electron chi connectivity index (χ0n) is 10.9. The minimum Gasteiger partial charge on any atom is -0.481 e. The smallest absolute Gasteiger partial charge is 0.215 e. The summed E-state index contributed by atoms with van der Waals surface area (Å²) in [4.78, 5) is 7.65. The lowest BCUT2D eigenvalue weighted by atomic mass is 10.1. The van der Waals surface area contributed by atoms with E-state index in [1.54, 1.807) is 7.11 Å². The monoisotopic (exact) mass is 279 g/mol. The van der Waals surface area contributed by atoms with E-state index >= 15 is 0 Å². The molecule has 0 bridgehead atoms. The summed E-state index contributed by atoms with van der Waals surface area (Å²) in [6, 6.07) is 3.79. The normalized spacial score (nSPS) is 19.1. The minimum atomic E-state index is 0.611. The zero-order chi connectivity index (χ0) is 13.2. The van der Waals surface area contributed by atoms with Crippen molar-refractivity contribution in [1.82, 2.24) is 14.5 Å². The number of methoxy groups -OCH3 is 1. The maximum atomic E-state index is 5.40. The highest BCUT2D eigenvalue weighted by Crippen LogP contribution is 2.20. The van der Waals surface area contributed by atoms with Crippen molar-refractivity contribution >= 4 is 23.4 Å². The molecule has 0 aromatic carbocycles. The predicted molar refractivity (Wildman–Crippen MR) is 75.0 cm³/mol. The third-order valence-electron chi connectivity index (χ3n) is 3.59. The van der Waals surface area contributed by atoms with Gasteiger partial charge in [0.15, 0.2) is 10.4 Å². The maximum Gasteiger partial charge on any atom is 0.215 e. The van der Waals surface area contributed by atoms with Crippen LogP contribution in [0.3, 0.4) is 0 Å². The molecule has 2 aromatic heterocycles. The van der Waals surface area contributed by atoms with E-state index in [9.17, 15) is 0 Å². The molecule has 6 heteroatoms. The SMILES string of the molecule is COc1ccc2[nH]c(=S)n(CCC3CCOC3)c2n1. The summed E-state index contributed by atoms with van der Waals surface area (Å²) < 4.78 is 13.3. The Balaban J connectivity index is 1.88. The summed E-state index contributed by atoms with van der Waals surface area (Å²) >= 11 is 5.37. The molecule has 1 unspecified atom stereocenters. The van der Waals surface area contributed by atoms with Gasteiger partial charge >= 0.3 is 0 Å². The molecule has 0 radical (unpaired) electrons. The van der Waals surface area contributed by atoms with Gasteiger partial charge in [0.05, 0.1) is 12.6 Å². The van der Waals surface area contributed by atoms with Crippen molar-refractivity contribution in [3.63, 3.8) is 0 Å². The summed E-state index contributed by atoms with van der Waals surface area (Å²) in [7, 11) is 1.62. The van der Waals surface area contributed by atoms with Crippen LogP contribution >= 0.6 is 12.2 Å². The molecule has 3 heterocycles. The van der Waals surface area contributed by atoms with E-state index < -0.39 is 0 Å². The Kier molecular flexibility index (Phi) is 3.52. The van der Waals surface area contributed by atoms with Gasteiger partial charge in [0.1, 0.15) is 0 Å². The van der Waals surface area contributed by atoms with Crippen molar-refractivity contribution in [3.8, 4) is 5.88 Å². The number of ether oxygens (including phenoxy) is 2. The molecule has 0 amide bonds. The lowest BCUT2D eigenvalue weighted by Crippen LogP contribution is -2.07. The number of aromatic nitrogens is 3. The van der Waals surface area contributed by atoms with Gasteiger partial charge in [-0.15, -0.1) is 0 Å². The van der Waals surface area contributed by atoms with Gasteiger partial charge in [-0.1, -0.05) is 0 Å². The molecule has 1 atom stereocenters. The Labute approximate surface area is 116 Å². The Morgan fingerprint density at radius 3 is 3.21 bits per heavy atom.